The molecule has 0 fully saturated rings. The normalized spacial score (nSPS) is 11.8. The molecule has 1 aromatic carbocycles. The minimum absolute atomic E-state index is 0.0945. The number of hydrogen-bond donors (Lipinski definition) is 2. The summed E-state index contributed by atoms with van der Waals surface area (Å²) in [6.07, 6.45) is 1.75. The third-order valence-corrected chi connectivity index (χ3v) is 3.35. The highest BCUT2D eigenvalue weighted by Crippen LogP contribution is 2.16. The van der Waals surface area contributed by atoms with Gasteiger partial charge in [0, 0.05) is 11.2 Å². The van der Waals surface area contributed by atoms with E-state index in [1.807, 2.05) is 50.2 Å². The summed E-state index contributed by atoms with van der Waals surface area (Å²) in [5, 5.41) is 7.57. The SMILES string of the molecule is Cc1ccnc(NC(=S)N[C@H](C)c2ccc(Cl)cc2)c1. The van der Waals surface area contributed by atoms with Gasteiger partial charge in [-0.2, -0.15) is 0 Å². The molecule has 0 aliphatic rings. The Morgan fingerprint density at radius 3 is 2.60 bits per heavy atom. The largest absolute Gasteiger partial charge is 0.356 e. The summed E-state index contributed by atoms with van der Waals surface area (Å²) in [6.45, 7) is 4.06. The molecule has 0 bridgehead atoms. The van der Waals surface area contributed by atoms with Crippen molar-refractivity contribution < 1.29 is 0 Å². The number of benzene rings is 1. The molecule has 2 aromatic rings. The van der Waals surface area contributed by atoms with Crippen LogP contribution in [-0.2, 0) is 0 Å². The highest BCUT2D eigenvalue weighted by Gasteiger charge is 2.07. The molecule has 0 unspecified atom stereocenters. The van der Waals surface area contributed by atoms with Crippen molar-refractivity contribution in [2.75, 3.05) is 5.32 Å². The first kappa shape index (κ1) is 14.8. The van der Waals surface area contributed by atoms with Gasteiger partial charge in [-0.3, -0.25) is 0 Å². The van der Waals surface area contributed by atoms with Crippen LogP contribution in [0.25, 0.3) is 0 Å². The lowest BCUT2D eigenvalue weighted by Crippen LogP contribution is -2.31. The van der Waals surface area contributed by atoms with Gasteiger partial charge in [0.15, 0.2) is 5.11 Å². The van der Waals surface area contributed by atoms with Crippen LogP contribution in [0.2, 0.25) is 5.02 Å². The number of anilines is 1. The maximum absolute atomic E-state index is 5.88. The Morgan fingerprint density at radius 2 is 1.95 bits per heavy atom. The molecule has 3 nitrogen and oxygen atoms in total. The number of nitrogens with zero attached hydrogens (tertiary/aromatic N) is 1. The van der Waals surface area contributed by atoms with E-state index in [0.29, 0.717) is 5.11 Å². The first-order valence-corrected chi connectivity index (χ1v) is 7.09. The van der Waals surface area contributed by atoms with Crippen molar-refractivity contribution in [1.29, 1.82) is 0 Å². The van der Waals surface area contributed by atoms with Gasteiger partial charge in [-0.05, 0) is 61.5 Å². The molecule has 20 heavy (non-hydrogen) atoms. The molecule has 2 N–H and O–H groups in total. The molecule has 2 rings (SSSR count). The van der Waals surface area contributed by atoms with Crippen molar-refractivity contribution in [2.45, 2.75) is 19.9 Å². The lowest BCUT2D eigenvalue weighted by molar-refractivity contribution is 0.722. The maximum Gasteiger partial charge on any atom is 0.172 e. The molecule has 0 spiro atoms. The van der Waals surface area contributed by atoms with Gasteiger partial charge in [0.05, 0.1) is 6.04 Å². The minimum Gasteiger partial charge on any atom is -0.356 e. The van der Waals surface area contributed by atoms with E-state index < -0.39 is 0 Å². The smallest absolute Gasteiger partial charge is 0.172 e. The number of thiocarbonyl (C=S) groups is 1. The maximum atomic E-state index is 5.88. The number of aryl methyl sites for hydroxylation is 1. The molecule has 0 saturated carbocycles. The van der Waals surface area contributed by atoms with Gasteiger partial charge in [-0.25, -0.2) is 4.98 Å². The number of hydrogen-bond acceptors (Lipinski definition) is 2. The first-order valence-electron chi connectivity index (χ1n) is 6.30. The average molecular weight is 306 g/mol. The van der Waals surface area contributed by atoms with Crippen molar-refractivity contribution in [3.05, 3.63) is 58.7 Å². The molecule has 0 amide bonds. The van der Waals surface area contributed by atoms with Gasteiger partial charge in [-0.15, -0.1) is 0 Å². The summed E-state index contributed by atoms with van der Waals surface area (Å²) < 4.78 is 0. The molecule has 1 aromatic heterocycles. The van der Waals surface area contributed by atoms with E-state index >= 15 is 0 Å². The summed E-state index contributed by atoms with van der Waals surface area (Å²) >= 11 is 11.2. The Labute approximate surface area is 129 Å². The van der Waals surface area contributed by atoms with Crippen LogP contribution in [0.4, 0.5) is 5.82 Å². The second kappa shape index (κ2) is 6.68. The zero-order chi connectivity index (χ0) is 14.5. The van der Waals surface area contributed by atoms with Crippen LogP contribution in [0, 0.1) is 6.92 Å². The fraction of sp³-hybridized carbons (Fsp3) is 0.200. The second-order valence-corrected chi connectivity index (χ2v) is 5.43. The summed E-state index contributed by atoms with van der Waals surface area (Å²) in [5.41, 5.74) is 2.26. The van der Waals surface area contributed by atoms with Crippen molar-refractivity contribution >= 4 is 34.7 Å². The summed E-state index contributed by atoms with van der Waals surface area (Å²) in [7, 11) is 0. The van der Waals surface area contributed by atoms with E-state index in [9.17, 15) is 0 Å². The monoisotopic (exact) mass is 305 g/mol. The molecule has 0 aliphatic carbocycles. The van der Waals surface area contributed by atoms with Gasteiger partial charge >= 0.3 is 0 Å². The number of aromatic nitrogens is 1. The Kier molecular flexibility index (Phi) is 4.93. The van der Waals surface area contributed by atoms with E-state index in [-0.39, 0.29) is 6.04 Å². The van der Waals surface area contributed by atoms with Crippen LogP contribution in [0.3, 0.4) is 0 Å². The molecule has 1 heterocycles. The second-order valence-electron chi connectivity index (χ2n) is 4.59. The van der Waals surface area contributed by atoms with Crippen molar-refractivity contribution in [3.8, 4) is 0 Å². The molecular weight excluding hydrogens is 290 g/mol. The van der Waals surface area contributed by atoms with E-state index in [1.165, 1.54) is 0 Å². The number of pyridine rings is 1. The quantitative estimate of drug-likeness (QED) is 0.838. The summed E-state index contributed by atoms with van der Waals surface area (Å²) in [6, 6.07) is 11.7. The van der Waals surface area contributed by atoms with Gasteiger partial charge in [0.2, 0.25) is 0 Å². The van der Waals surface area contributed by atoms with E-state index in [2.05, 4.69) is 15.6 Å². The predicted molar refractivity (Wildman–Crippen MR) is 88.2 cm³/mol. The molecule has 1 atom stereocenters. The average Bonchev–Trinajstić information content (AvgIpc) is 2.39. The van der Waals surface area contributed by atoms with Crippen molar-refractivity contribution in [3.63, 3.8) is 0 Å². The Bertz CT molecular complexity index is 598. The third kappa shape index (κ3) is 4.18. The highest BCUT2D eigenvalue weighted by molar-refractivity contribution is 7.80. The molecular formula is C15H16ClN3S. The van der Waals surface area contributed by atoms with Gasteiger partial charge in [0.25, 0.3) is 0 Å². The van der Waals surface area contributed by atoms with Crippen molar-refractivity contribution in [2.24, 2.45) is 0 Å². The van der Waals surface area contributed by atoms with E-state index in [0.717, 1.165) is 22.0 Å². The van der Waals surface area contributed by atoms with Crippen LogP contribution in [-0.4, -0.2) is 10.1 Å². The zero-order valence-corrected chi connectivity index (χ0v) is 12.9. The number of rotatable bonds is 3. The number of halogens is 1. The zero-order valence-electron chi connectivity index (χ0n) is 11.4. The first-order chi connectivity index (χ1) is 9.54. The molecule has 0 aliphatic heterocycles. The van der Waals surface area contributed by atoms with Gasteiger partial charge < -0.3 is 10.6 Å². The Morgan fingerprint density at radius 1 is 1.25 bits per heavy atom. The van der Waals surface area contributed by atoms with Crippen LogP contribution in [0.1, 0.15) is 24.1 Å². The summed E-state index contributed by atoms with van der Waals surface area (Å²) in [5.74, 6) is 0.741. The van der Waals surface area contributed by atoms with Gasteiger partial charge in [-0.1, -0.05) is 23.7 Å². The lowest BCUT2D eigenvalue weighted by atomic mass is 10.1. The minimum atomic E-state index is 0.0945. The van der Waals surface area contributed by atoms with Crippen LogP contribution in [0.15, 0.2) is 42.6 Å². The van der Waals surface area contributed by atoms with Gasteiger partial charge in [0.1, 0.15) is 5.82 Å². The fourth-order valence-electron chi connectivity index (χ4n) is 1.79. The van der Waals surface area contributed by atoms with Crippen LogP contribution in [0.5, 0.6) is 0 Å². The Balaban J connectivity index is 1.95. The molecule has 5 heteroatoms. The van der Waals surface area contributed by atoms with Crippen molar-refractivity contribution in [1.82, 2.24) is 10.3 Å². The lowest BCUT2D eigenvalue weighted by Gasteiger charge is -2.17. The Hall–Kier alpha value is -1.65. The van der Waals surface area contributed by atoms with Crippen LogP contribution >= 0.6 is 23.8 Å². The fourth-order valence-corrected chi connectivity index (χ4v) is 2.20. The number of nitrogens with one attached hydrogen (secondary N) is 2. The molecule has 104 valence electrons. The van der Waals surface area contributed by atoms with E-state index in [1.54, 1.807) is 6.20 Å². The molecule has 0 radical (unpaired) electrons. The van der Waals surface area contributed by atoms with E-state index in [4.69, 9.17) is 23.8 Å². The van der Waals surface area contributed by atoms with Crippen LogP contribution < -0.4 is 10.6 Å². The highest BCUT2D eigenvalue weighted by atomic mass is 35.5. The third-order valence-electron chi connectivity index (χ3n) is 2.87. The standard InChI is InChI=1S/C15H16ClN3S/c1-10-7-8-17-14(9-10)19-15(20)18-11(2)12-3-5-13(16)6-4-12/h3-9,11H,1-2H3,(H2,17,18,19,20)/t11-/m1/s1. The topological polar surface area (TPSA) is 37.0 Å². The predicted octanol–water partition coefficient (Wildman–Crippen LogP) is 4.09. The summed E-state index contributed by atoms with van der Waals surface area (Å²) in [4.78, 5) is 4.22. The molecule has 0 saturated heterocycles.